The normalized spacial score (nSPS) is 11.8. The Kier molecular flexibility index (Phi) is 8.45. The predicted molar refractivity (Wildman–Crippen MR) is 120 cm³/mol. The molecule has 8 heteroatoms. The third kappa shape index (κ3) is 8.51. The fraction of sp³-hybridized carbons (Fsp3) is 0.476. The number of hydrogen-bond acceptors (Lipinski definition) is 5. The van der Waals surface area contributed by atoms with Crippen molar-refractivity contribution in [3.05, 3.63) is 45.9 Å². The number of carbonyl (C=O) groups is 1. The van der Waals surface area contributed by atoms with Crippen LogP contribution in [0.4, 0.5) is 10.5 Å². The van der Waals surface area contributed by atoms with Crippen LogP contribution in [0.3, 0.4) is 0 Å². The second-order valence-electron chi connectivity index (χ2n) is 7.51. The Morgan fingerprint density at radius 1 is 1.21 bits per heavy atom. The largest absolute Gasteiger partial charge is 0.444 e. The maximum Gasteiger partial charge on any atom is 0.412 e. The zero-order valence-electron chi connectivity index (χ0n) is 17.8. The van der Waals surface area contributed by atoms with Gasteiger partial charge in [0.2, 0.25) is 0 Å². The number of guanidine groups is 1. The fourth-order valence-corrected chi connectivity index (χ4v) is 3.23. The summed E-state index contributed by atoms with van der Waals surface area (Å²) in [5.41, 5.74) is 2.39. The number of rotatable bonds is 7. The van der Waals surface area contributed by atoms with Crippen LogP contribution in [-0.2, 0) is 24.1 Å². The molecule has 2 aromatic rings. The lowest BCUT2D eigenvalue weighted by Crippen LogP contribution is -2.37. The molecular formula is C21H31N5O2S. The van der Waals surface area contributed by atoms with Crippen LogP contribution < -0.4 is 16.0 Å². The Labute approximate surface area is 177 Å². The molecule has 0 atom stereocenters. The average Bonchev–Trinajstić information content (AvgIpc) is 3.12. The molecule has 158 valence electrons. The monoisotopic (exact) mass is 417 g/mol. The number of carbonyl (C=O) groups excluding carboxylic acids is 1. The van der Waals surface area contributed by atoms with Gasteiger partial charge in [0.25, 0.3) is 0 Å². The summed E-state index contributed by atoms with van der Waals surface area (Å²) in [6, 6.07) is 7.73. The predicted octanol–water partition coefficient (Wildman–Crippen LogP) is 3.96. The molecule has 0 aliphatic rings. The molecule has 29 heavy (non-hydrogen) atoms. The van der Waals surface area contributed by atoms with Crippen molar-refractivity contribution in [1.82, 2.24) is 15.6 Å². The van der Waals surface area contributed by atoms with Crippen LogP contribution >= 0.6 is 11.3 Å². The van der Waals surface area contributed by atoms with E-state index in [2.05, 4.69) is 38.2 Å². The van der Waals surface area contributed by atoms with Gasteiger partial charge in [-0.3, -0.25) is 10.3 Å². The Balaban J connectivity index is 1.73. The lowest BCUT2D eigenvalue weighted by molar-refractivity contribution is 0.0636. The molecule has 1 aromatic carbocycles. The number of benzene rings is 1. The zero-order valence-corrected chi connectivity index (χ0v) is 18.7. The van der Waals surface area contributed by atoms with Gasteiger partial charge in [0.1, 0.15) is 5.60 Å². The van der Waals surface area contributed by atoms with Crippen molar-refractivity contribution < 1.29 is 9.53 Å². The summed E-state index contributed by atoms with van der Waals surface area (Å²) in [5.74, 6) is 0.749. The lowest BCUT2D eigenvalue weighted by Gasteiger charge is -2.19. The van der Waals surface area contributed by atoms with Crippen molar-refractivity contribution in [2.45, 2.75) is 52.7 Å². The first-order chi connectivity index (χ1) is 13.8. The van der Waals surface area contributed by atoms with Gasteiger partial charge in [0, 0.05) is 24.7 Å². The van der Waals surface area contributed by atoms with E-state index in [1.807, 2.05) is 45.0 Å². The van der Waals surface area contributed by atoms with E-state index in [-0.39, 0.29) is 0 Å². The maximum absolute atomic E-state index is 11.8. The summed E-state index contributed by atoms with van der Waals surface area (Å²) >= 11 is 1.69. The third-order valence-corrected chi connectivity index (χ3v) is 4.91. The molecule has 3 N–H and O–H groups in total. The average molecular weight is 418 g/mol. The van der Waals surface area contributed by atoms with Crippen molar-refractivity contribution in [2.75, 3.05) is 18.9 Å². The van der Waals surface area contributed by atoms with E-state index in [4.69, 9.17) is 4.74 Å². The molecule has 0 fully saturated rings. The molecule has 0 saturated carbocycles. The van der Waals surface area contributed by atoms with E-state index in [0.717, 1.165) is 41.6 Å². The SMILES string of the molecule is CCc1nc(CNC(=NC)NCCc2ccc(NC(=O)OC(C)(C)C)cc2)cs1. The van der Waals surface area contributed by atoms with Crippen LogP contribution in [0.2, 0.25) is 0 Å². The van der Waals surface area contributed by atoms with Crippen molar-refractivity contribution >= 4 is 29.1 Å². The zero-order chi connectivity index (χ0) is 21.3. The molecule has 0 unspecified atom stereocenters. The molecule has 0 spiro atoms. The number of anilines is 1. The van der Waals surface area contributed by atoms with Crippen LogP contribution in [0.15, 0.2) is 34.6 Å². The first kappa shape index (κ1) is 22.7. The Morgan fingerprint density at radius 2 is 1.93 bits per heavy atom. The second kappa shape index (κ2) is 10.8. The van der Waals surface area contributed by atoms with Crippen molar-refractivity contribution in [3.8, 4) is 0 Å². The van der Waals surface area contributed by atoms with Crippen LogP contribution in [0.5, 0.6) is 0 Å². The van der Waals surface area contributed by atoms with Crippen molar-refractivity contribution in [1.29, 1.82) is 0 Å². The van der Waals surface area contributed by atoms with Gasteiger partial charge in [0.05, 0.1) is 17.2 Å². The van der Waals surface area contributed by atoms with Gasteiger partial charge in [-0.05, 0) is 51.3 Å². The van der Waals surface area contributed by atoms with Gasteiger partial charge in [0.15, 0.2) is 5.96 Å². The molecule has 0 aliphatic carbocycles. The number of aliphatic imine (C=N–C) groups is 1. The highest BCUT2D eigenvalue weighted by atomic mass is 32.1. The maximum atomic E-state index is 11.8. The molecule has 2 rings (SSSR count). The number of amides is 1. The topological polar surface area (TPSA) is 87.6 Å². The molecule has 0 radical (unpaired) electrons. The minimum Gasteiger partial charge on any atom is -0.444 e. The van der Waals surface area contributed by atoms with E-state index in [0.29, 0.717) is 12.2 Å². The van der Waals surface area contributed by atoms with Gasteiger partial charge in [-0.25, -0.2) is 9.78 Å². The number of ether oxygens (including phenoxy) is 1. The molecule has 0 saturated heterocycles. The van der Waals surface area contributed by atoms with Gasteiger partial charge in [-0.2, -0.15) is 0 Å². The molecule has 0 bridgehead atoms. The number of nitrogens with one attached hydrogen (secondary N) is 3. The third-order valence-electron chi connectivity index (χ3n) is 3.87. The Morgan fingerprint density at radius 3 is 2.52 bits per heavy atom. The fourth-order valence-electron chi connectivity index (χ4n) is 2.49. The van der Waals surface area contributed by atoms with Crippen molar-refractivity contribution in [3.63, 3.8) is 0 Å². The van der Waals surface area contributed by atoms with E-state index in [1.165, 1.54) is 0 Å². The summed E-state index contributed by atoms with van der Waals surface area (Å²) in [5, 5.41) is 12.5. The minimum atomic E-state index is -0.514. The first-order valence-electron chi connectivity index (χ1n) is 9.76. The quantitative estimate of drug-likeness (QED) is 0.469. The first-order valence-corrected chi connectivity index (χ1v) is 10.6. The molecule has 1 aromatic heterocycles. The minimum absolute atomic E-state index is 0.451. The van der Waals surface area contributed by atoms with Crippen LogP contribution in [0.1, 0.15) is 44.0 Å². The number of nitrogens with zero attached hydrogens (tertiary/aromatic N) is 2. The number of hydrogen-bond donors (Lipinski definition) is 3. The van der Waals surface area contributed by atoms with Crippen LogP contribution in [0.25, 0.3) is 0 Å². The summed E-state index contributed by atoms with van der Waals surface area (Å²) in [6.45, 7) is 9.02. The number of aromatic nitrogens is 1. The molecule has 1 amide bonds. The Hall–Kier alpha value is -2.61. The lowest BCUT2D eigenvalue weighted by atomic mass is 10.1. The second-order valence-corrected chi connectivity index (χ2v) is 8.46. The van der Waals surface area contributed by atoms with Gasteiger partial charge >= 0.3 is 6.09 Å². The van der Waals surface area contributed by atoms with Crippen LogP contribution in [-0.4, -0.2) is 36.2 Å². The summed E-state index contributed by atoms with van der Waals surface area (Å²) in [4.78, 5) is 20.6. The summed E-state index contributed by atoms with van der Waals surface area (Å²) in [7, 11) is 1.75. The molecule has 1 heterocycles. The number of thiazole rings is 1. The van der Waals surface area contributed by atoms with E-state index < -0.39 is 11.7 Å². The molecule has 7 nitrogen and oxygen atoms in total. The summed E-state index contributed by atoms with van der Waals surface area (Å²) in [6.07, 6.45) is 1.35. The smallest absolute Gasteiger partial charge is 0.412 e. The highest BCUT2D eigenvalue weighted by Gasteiger charge is 2.16. The van der Waals surface area contributed by atoms with Gasteiger partial charge in [-0.1, -0.05) is 19.1 Å². The van der Waals surface area contributed by atoms with E-state index in [9.17, 15) is 4.79 Å². The van der Waals surface area contributed by atoms with E-state index >= 15 is 0 Å². The van der Waals surface area contributed by atoms with Crippen LogP contribution in [0, 0.1) is 0 Å². The van der Waals surface area contributed by atoms with Gasteiger partial charge < -0.3 is 15.4 Å². The standard InChI is InChI=1S/C21H31N5O2S/c1-6-18-25-17(14-29-18)13-24-19(22-5)23-12-11-15-7-9-16(10-8-15)26-20(27)28-21(2,3)4/h7-10,14H,6,11-13H2,1-5H3,(H,26,27)(H2,22,23,24). The highest BCUT2D eigenvalue weighted by Crippen LogP contribution is 2.13. The van der Waals surface area contributed by atoms with Crippen molar-refractivity contribution in [2.24, 2.45) is 4.99 Å². The summed E-state index contributed by atoms with van der Waals surface area (Å²) < 4.78 is 5.25. The van der Waals surface area contributed by atoms with Gasteiger partial charge in [-0.15, -0.1) is 11.3 Å². The Bertz CT molecular complexity index is 809. The van der Waals surface area contributed by atoms with E-state index in [1.54, 1.807) is 18.4 Å². The molecular weight excluding hydrogens is 386 g/mol. The highest BCUT2D eigenvalue weighted by molar-refractivity contribution is 7.09. The molecule has 0 aliphatic heterocycles. The number of aryl methyl sites for hydroxylation is 1.